The lowest BCUT2D eigenvalue weighted by atomic mass is 9.66. The van der Waals surface area contributed by atoms with Gasteiger partial charge in [-0.05, 0) is 19.8 Å². The van der Waals surface area contributed by atoms with Gasteiger partial charge in [-0.3, -0.25) is 4.79 Å². The molecule has 0 bridgehead atoms. The molecule has 0 radical (unpaired) electrons. The van der Waals surface area contributed by atoms with E-state index in [1.54, 1.807) is 6.92 Å². The molecule has 13 heavy (non-hydrogen) atoms. The lowest BCUT2D eigenvalue weighted by molar-refractivity contribution is -0.131. The average Bonchev–Trinajstić information content (AvgIpc) is 2.17. The van der Waals surface area contributed by atoms with Crippen LogP contribution in [-0.2, 0) is 4.79 Å². The van der Waals surface area contributed by atoms with Crippen LogP contribution in [0.4, 0.5) is 0 Å². The predicted octanol–water partition coefficient (Wildman–Crippen LogP) is 0.737. The standard InChI is InChI=1S/C10H18O3/c1-8(13)9-4-2-3-5-10(9,6-11)7-12/h9,11-12H,2-7H2,1H3. The van der Waals surface area contributed by atoms with Crippen LogP contribution in [0.2, 0.25) is 0 Å². The number of aliphatic hydroxyl groups is 2. The molecule has 1 atom stereocenters. The number of carbonyl (C=O) groups is 1. The smallest absolute Gasteiger partial charge is 0.133 e. The fourth-order valence-electron chi connectivity index (χ4n) is 2.37. The molecule has 0 aromatic carbocycles. The quantitative estimate of drug-likeness (QED) is 0.683. The minimum atomic E-state index is -0.538. The maximum atomic E-state index is 11.3. The van der Waals surface area contributed by atoms with E-state index >= 15 is 0 Å². The topological polar surface area (TPSA) is 57.5 Å². The zero-order valence-corrected chi connectivity index (χ0v) is 8.12. The van der Waals surface area contributed by atoms with E-state index < -0.39 is 5.41 Å². The molecule has 3 heteroatoms. The van der Waals surface area contributed by atoms with E-state index in [4.69, 9.17) is 0 Å². The van der Waals surface area contributed by atoms with Crippen LogP contribution in [0.1, 0.15) is 32.6 Å². The summed E-state index contributed by atoms with van der Waals surface area (Å²) in [7, 11) is 0. The highest BCUT2D eigenvalue weighted by atomic mass is 16.3. The molecule has 0 aromatic rings. The van der Waals surface area contributed by atoms with Crippen LogP contribution >= 0.6 is 0 Å². The molecule has 1 aliphatic carbocycles. The highest BCUT2D eigenvalue weighted by Gasteiger charge is 2.42. The highest BCUT2D eigenvalue weighted by Crippen LogP contribution is 2.41. The third-order valence-corrected chi connectivity index (χ3v) is 3.28. The van der Waals surface area contributed by atoms with Crippen molar-refractivity contribution in [3.8, 4) is 0 Å². The zero-order valence-electron chi connectivity index (χ0n) is 8.12. The van der Waals surface area contributed by atoms with Gasteiger partial charge in [0.1, 0.15) is 5.78 Å². The number of carbonyl (C=O) groups excluding carboxylic acids is 1. The number of aliphatic hydroxyl groups excluding tert-OH is 2. The largest absolute Gasteiger partial charge is 0.396 e. The Morgan fingerprint density at radius 3 is 2.38 bits per heavy atom. The number of hydrogen-bond donors (Lipinski definition) is 2. The SMILES string of the molecule is CC(=O)C1CCCCC1(CO)CO. The summed E-state index contributed by atoms with van der Waals surface area (Å²) in [5.41, 5.74) is -0.538. The molecular weight excluding hydrogens is 168 g/mol. The number of rotatable bonds is 3. The summed E-state index contributed by atoms with van der Waals surface area (Å²) in [5.74, 6) is -0.0425. The summed E-state index contributed by atoms with van der Waals surface area (Å²) in [6, 6.07) is 0. The van der Waals surface area contributed by atoms with Gasteiger partial charge >= 0.3 is 0 Å². The van der Waals surface area contributed by atoms with Crippen LogP contribution in [-0.4, -0.2) is 29.2 Å². The first-order valence-electron chi connectivity index (χ1n) is 4.88. The molecule has 0 saturated heterocycles. The molecule has 1 aliphatic rings. The van der Waals surface area contributed by atoms with Gasteiger partial charge in [-0.15, -0.1) is 0 Å². The minimum absolute atomic E-state index is 0.0756. The van der Waals surface area contributed by atoms with Gasteiger partial charge in [0, 0.05) is 11.3 Å². The van der Waals surface area contributed by atoms with Crippen molar-refractivity contribution in [3.63, 3.8) is 0 Å². The summed E-state index contributed by atoms with van der Waals surface area (Å²) in [6.07, 6.45) is 3.62. The van der Waals surface area contributed by atoms with Crippen molar-refractivity contribution in [2.24, 2.45) is 11.3 Å². The Hall–Kier alpha value is -0.410. The van der Waals surface area contributed by atoms with Gasteiger partial charge in [0.2, 0.25) is 0 Å². The molecule has 1 fully saturated rings. The minimum Gasteiger partial charge on any atom is -0.396 e. The van der Waals surface area contributed by atoms with E-state index in [1.165, 1.54) is 0 Å². The summed E-state index contributed by atoms with van der Waals surface area (Å²) in [4.78, 5) is 11.3. The molecule has 0 amide bonds. The molecule has 76 valence electrons. The Labute approximate surface area is 78.8 Å². The van der Waals surface area contributed by atoms with Crippen LogP contribution in [0.15, 0.2) is 0 Å². The molecule has 0 spiro atoms. The first-order valence-corrected chi connectivity index (χ1v) is 4.88. The lowest BCUT2D eigenvalue weighted by Crippen LogP contribution is -2.43. The van der Waals surface area contributed by atoms with Crippen molar-refractivity contribution < 1.29 is 15.0 Å². The second kappa shape index (κ2) is 4.20. The van der Waals surface area contributed by atoms with Crippen LogP contribution in [0.5, 0.6) is 0 Å². The molecule has 3 nitrogen and oxygen atoms in total. The first-order chi connectivity index (χ1) is 6.16. The summed E-state index contributed by atoms with van der Waals surface area (Å²) >= 11 is 0. The Morgan fingerprint density at radius 2 is 2.00 bits per heavy atom. The van der Waals surface area contributed by atoms with Crippen LogP contribution in [0.25, 0.3) is 0 Å². The third-order valence-electron chi connectivity index (χ3n) is 3.28. The highest BCUT2D eigenvalue weighted by molar-refractivity contribution is 5.79. The van der Waals surface area contributed by atoms with E-state index in [1.807, 2.05) is 0 Å². The molecule has 1 unspecified atom stereocenters. The van der Waals surface area contributed by atoms with Gasteiger partial charge in [-0.1, -0.05) is 12.8 Å². The number of hydrogen-bond acceptors (Lipinski definition) is 3. The predicted molar refractivity (Wildman–Crippen MR) is 49.2 cm³/mol. The monoisotopic (exact) mass is 186 g/mol. The van der Waals surface area contributed by atoms with E-state index in [9.17, 15) is 15.0 Å². The third kappa shape index (κ3) is 1.92. The maximum Gasteiger partial charge on any atom is 0.133 e. The normalized spacial score (nSPS) is 27.2. The van der Waals surface area contributed by atoms with Crippen LogP contribution < -0.4 is 0 Å². The Kier molecular flexibility index (Phi) is 3.45. The summed E-state index contributed by atoms with van der Waals surface area (Å²) in [6.45, 7) is 1.40. The van der Waals surface area contributed by atoms with Gasteiger partial charge in [0.15, 0.2) is 0 Å². The van der Waals surface area contributed by atoms with Gasteiger partial charge in [-0.25, -0.2) is 0 Å². The second-order valence-corrected chi connectivity index (χ2v) is 4.09. The van der Waals surface area contributed by atoms with Crippen molar-refractivity contribution in [1.82, 2.24) is 0 Å². The molecule has 0 aliphatic heterocycles. The van der Waals surface area contributed by atoms with Crippen molar-refractivity contribution in [3.05, 3.63) is 0 Å². The van der Waals surface area contributed by atoms with Gasteiger partial charge in [0.25, 0.3) is 0 Å². The fourth-order valence-corrected chi connectivity index (χ4v) is 2.37. The Morgan fingerprint density at radius 1 is 1.38 bits per heavy atom. The van der Waals surface area contributed by atoms with Crippen molar-refractivity contribution in [2.45, 2.75) is 32.6 Å². The van der Waals surface area contributed by atoms with E-state index in [0.29, 0.717) is 0 Å². The van der Waals surface area contributed by atoms with Gasteiger partial charge in [-0.2, -0.15) is 0 Å². The fraction of sp³-hybridized carbons (Fsp3) is 0.900. The van der Waals surface area contributed by atoms with Crippen LogP contribution in [0, 0.1) is 11.3 Å². The maximum absolute atomic E-state index is 11.3. The molecule has 1 rings (SSSR count). The Balaban J connectivity index is 2.81. The van der Waals surface area contributed by atoms with Crippen molar-refractivity contribution >= 4 is 5.78 Å². The van der Waals surface area contributed by atoms with Gasteiger partial charge < -0.3 is 10.2 Å². The first kappa shape index (κ1) is 10.7. The van der Waals surface area contributed by atoms with Crippen LogP contribution in [0.3, 0.4) is 0 Å². The molecule has 1 saturated carbocycles. The molecular formula is C10H18O3. The lowest BCUT2D eigenvalue weighted by Gasteiger charge is -2.40. The van der Waals surface area contributed by atoms with E-state index in [-0.39, 0.29) is 24.9 Å². The molecule has 0 heterocycles. The van der Waals surface area contributed by atoms with Crippen molar-refractivity contribution in [1.29, 1.82) is 0 Å². The second-order valence-electron chi connectivity index (χ2n) is 4.09. The molecule has 2 N–H and O–H groups in total. The van der Waals surface area contributed by atoms with Gasteiger partial charge in [0.05, 0.1) is 13.2 Å². The van der Waals surface area contributed by atoms with Crippen molar-refractivity contribution in [2.75, 3.05) is 13.2 Å². The summed E-state index contributed by atoms with van der Waals surface area (Å²) in [5, 5.41) is 18.5. The Bertz CT molecular complexity index is 185. The zero-order chi connectivity index (χ0) is 9.90. The summed E-state index contributed by atoms with van der Waals surface area (Å²) < 4.78 is 0. The van der Waals surface area contributed by atoms with E-state index in [2.05, 4.69) is 0 Å². The average molecular weight is 186 g/mol. The molecule has 0 aromatic heterocycles. The number of Topliss-reactive ketones (excluding diaryl/α,β-unsaturated/α-hetero) is 1. The van der Waals surface area contributed by atoms with E-state index in [0.717, 1.165) is 25.7 Å². The number of ketones is 1.